The van der Waals surface area contributed by atoms with Crippen LogP contribution in [0.5, 0.6) is 0 Å². The van der Waals surface area contributed by atoms with Crippen LogP contribution in [0.25, 0.3) is 0 Å². The number of Topliss-reactive ketones (excluding diaryl/α,β-unsaturated/α-hetero) is 1. The van der Waals surface area contributed by atoms with Crippen LogP contribution in [-0.2, 0) is 9.84 Å². The van der Waals surface area contributed by atoms with Crippen molar-refractivity contribution in [2.45, 2.75) is 16.0 Å². The largest absolute Gasteiger partial charge is 0.292 e. The maximum Gasteiger partial charge on any atom is 0.198 e. The van der Waals surface area contributed by atoms with Crippen molar-refractivity contribution < 1.29 is 13.2 Å². The van der Waals surface area contributed by atoms with E-state index >= 15 is 0 Å². The first-order valence-electron chi connectivity index (χ1n) is 5.97. The first kappa shape index (κ1) is 14.9. The average molecular weight is 353 g/mol. The van der Waals surface area contributed by atoms with E-state index in [9.17, 15) is 13.2 Å². The maximum atomic E-state index is 12.4. The highest BCUT2D eigenvalue weighted by atomic mass is 79.9. The van der Waals surface area contributed by atoms with Gasteiger partial charge < -0.3 is 0 Å². The Kier molecular flexibility index (Phi) is 4.40. The number of ketones is 1. The molecule has 0 heterocycles. The summed E-state index contributed by atoms with van der Waals surface area (Å²) in [6.07, 6.45) is 0. The lowest BCUT2D eigenvalue weighted by Gasteiger charge is -2.11. The molecule has 3 nitrogen and oxygen atoms in total. The van der Waals surface area contributed by atoms with Gasteiger partial charge in [0.2, 0.25) is 0 Å². The zero-order valence-electron chi connectivity index (χ0n) is 10.8. The minimum absolute atomic E-state index is 0.134. The third kappa shape index (κ3) is 2.99. The van der Waals surface area contributed by atoms with Crippen molar-refractivity contribution in [2.75, 3.05) is 0 Å². The van der Waals surface area contributed by atoms with Gasteiger partial charge in [0, 0.05) is 5.56 Å². The lowest BCUT2D eigenvalue weighted by Crippen LogP contribution is -2.24. The number of carbonyl (C=O) groups is 1. The Bertz CT molecular complexity index is 707. The first-order valence-corrected chi connectivity index (χ1v) is 8.43. The van der Waals surface area contributed by atoms with Gasteiger partial charge in [-0.05, 0) is 19.1 Å². The van der Waals surface area contributed by atoms with E-state index in [4.69, 9.17) is 0 Å². The molecule has 2 rings (SSSR count). The van der Waals surface area contributed by atoms with Gasteiger partial charge in [-0.3, -0.25) is 4.79 Å². The summed E-state index contributed by atoms with van der Waals surface area (Å²) in [4.78, 5) is 12.3. The van der Waals surface area contributed by atoms with Crippen molar-refractivity contribution in [3.8, 4) is 0 Å². The number of aryl methyl sites for hydroxylation is 1. The number of benzene rings is 2. The van der Waals surface area contributed by atoms with Gasteiger partial charge in [0.05, 0.1) is 4.90 Å². The molecule has 1 atom stereocenters. The molecule has 2 aromatic rings. The molecule has 0 aliphatic carbocycles. The zero-order valence-corrected chi connectivity index (χ0v) is 13.2. The number of halogens is 1. The van der Waals surface area contributed by atoms with Crippen molar-refractivity contribution in [3.05, 3.63) is 65.7 Å². The van der Waals surface area contributed by atoms with E-state index in [1.165, 1.54) is 12.1 Å². The van der Waals surface area contributed by atoms with Crippen molar-refractivity contribution >= 4 is 31.6 Å². The highest BCUT2D eigenvalue weighted by Gasteiger charge is 2.31. The van der Waals surface area contributed by atoms with E-state index in [2.05, 4.69) is 15.9 Å². The Hall–Kier alpha value is -1.46. The molecule has 1 unspecified atom stereocenters. The number of rotatable bonds is 4. The van der Waals surface area contributed by atoms with E-state index in [1.54, 1.807) is 42.5 Å². The molecular weight excluding hydrogens is 340 g/mol. The van der Waals surface area contributed by atoms with E-state index in [1.807, 2.05) is 6.92 Å². The van der Waals surface area contributed by atoms with Crippen molar-refractivity contribution in [1.29, 1.82) is 0 Å². The Morgan fingerprint density at radius 1 is 1.00 bits per heavy atom. The van der Waals surface area contributed by atoms with Gasteiger partial charge in [-0.15, -0.1) is 0 Å². The summed E-state index contributed by atoms with van der Waals surface area (Å²) in [5.41, 5.74) is 1.33. The molecule has 20 heavy (non-hydrogen) atoms. The van der Waals surface area contributed by atoms with Gasteiger partial charge in [-0.1, -0.05) is 64.0 Å². The van der Waals surface area contributed by atoms with E-state index in [-0.39, 0.29) is 4.90 Å². The predicted molar refractivity (Wildman–Crippen MR) is 81.9 cm³/mol. The summed E-state index contributed by atoms with van der Waals surface area (Å²) in [6, 6.07) is 14.8. The number of hydrogen-bond acceptors (Lipinski definition) is 3. The molecule has 104 valence electrons. The molecule has 0 amide bonds. The minimum Gasteiger partial charge on any atom is -0.292 e. The smallest absolute Gasteiger partial charge is 0.198 e. The second-order valence-corrected chi connectivity index (χ2v) is 7.96. The summed E-state index contributed by atoms with van der Waals surface area (Å²) in [7, 11) is -3.74. The summed E-state index contributed by atoms with van der Waals surface area (Å²) < 4.78 is 23.5. The molecule has 0 saturated carbocycles. The lowest BCUT2D eigenvalue weighted by atomic mass is 10.2. The Labute approximate surface area is 126 Å². The SMILES string of the molecule is Cc1ccc(S(=O)(=O)C(Br)C(=O)c2ccccc2)cc1. The standard InChI is InChI=1S/C15H13BrO3S/c1-11-7-9-13(10-8-11)20(18,19)15(16)14(17)12-5-3-2-4-6-12/h2-10,15H,1H3. The van der Waals surface area contributed by atoms with Crippen LogP contribution in [0.4, 0.5) is 0 Å². The predicted octanol–water partition coefficient (Wildman–Crippen LogP) is 3.37. The Morgan fingerprint density at radius 3 is 2.10 bits per heavy atom. The maximum absolute atomic E-state index is 12.4. The molecular formula is C15H13BrO3S. The molecule has 0 aromatic heterocycles. The van der Waals surface area contributed by atoms with Crippen LogP contribution in [-0.4, -0.2) is 18.4 Å². The molecule has 0 aliphatic heterocycles. The molecule has 5 heteroatoms. The first-order chi connectivity index (χ1) is 9.43. The van der Waals surface area contributed by atoms with Crippen molar-refractivity contribution in [2.24, 2.45) is 0 Å². The second kappa shape index (κ2) is 5.89. The Balaban J connectivity index is 2.35. The quantitative estimate of drug-likeness (QED) is 0.626. The fourth-order valence-electron chi connectivity index (χ4n) is 1.72. The average Bonchev–Trinajstić information content (AvgIpc) is 2.47. The highest BCUT2D eigenvalue weighted by molar-refractivity contribution is 9.11. The van der Waals surface area contributed by atoms with Crippen LogP contribution < -0.4 is 0 Å². The van der Waals surface area contributed by atoms with E-state index in [0.717, 1.165) is 5.56 Å². The van der Waals surface area contributed by atoms with E-state index < -0.39 is 19.8 Å². The van der Waals surface area contributed by atoms with Crippen LogP contribution in [0.3, 0.4) is 0 Å². The van der Waals surface area contributed by atoms with Gasteiger partial charge in [0.1, 0.15) is 0 Å². The third-order valence-corrected chi connectivity index (χ3v) is 6.47. The van der Waals surface area contributed by atoms with Gasteiger partial charge in [0.25, 0.3) is 0 Å². The van der Waals surface area contributed by atoms with Gasteiger partial charge in [-0.25, -0.2) is 8.42 Å². The van der Waals surface area contributed by atoms with Crippen molar-refractivity contribution in [3.63, 3.8) is 0 Å². The second-order valence-electron chi connectivity index (χ2n) is 4.40. The summed E-state index contributed by atoms with van der Waals surface area (Å²) in [5.74, 6) is -0.467. The molecule has 0 fully saturated rings. The van der Waals surface area contributed by atoms with E-state index in [0.29, 0.717) is 5.56 Å². The highest BCUT2D eigenvalue weighted by Crippen LogP contribution is 2.24. The molecule has 0 bridgehead atoms. The Morgan fingerprint density at radius 2 is 1.55 bits per heavy atom. The van der Waals surface area contributed by atoms with Crippen molar-refractivity contribution in [1.82, 2.24) is 0 Å². The summed E-state index contributed by atoms with van der Waals surface area (Å²) in [5, 5.41) is 0. The molecule has 2 aromatic carbocycles. The van der Waals surface area contributed by atoms with Crippen LogP contribution in [0, 0.1) is 6.92 Å². The number of hydrogen-bond donors (Lipinski definition) is 0. The van der Waals surface area contributed by atoms with Crippen LogP contribution in [0.15, 0.2) is 59.5 Å². The van der Waals surface area contributed by atoms with Crippen LogP contribution in [0.2, 0.25) is 0 Å². The van der Waals surface area contributed by atoms with Crippen LogP contribution in [0.1, 0.15) is 15.9 Å². The molecule has 0 spiro atoms. The molecule has 0 saturated heterocycles. The summed E-state index contributed by atoms with van der Waals surface area (Å²) in [6.45, 7) is 1.87. The number of carbonyl (C=O) groups excluding carboxylic acids is 1. The molecule has 0 aliphatic rings. The fraction of sp³-hybridized carbons (Fsp3) is 0.133. The molecule has 0 N–H and O–H groups in total. The molecule has 0 radical (unpaired) electrons. The lowest BCUT2D eigenvalue weighted by molar-refractivity contribution is 0.101. The van der Waals surface area contributed by atoms with Gasteiger partial charge >= 0.3 is 0 Å². The van der Waals surface area contributed by atoms with Gasteiger partial charge in [-0.2, -0.15) is 0 Å². The summed E-state index contributed by atoms with van der Waals surface area (Å²) >= 11 is 3.02. The normalized spacial score (nSPS) is 12.9. The topological polar surface area (TPSA) is 51.2 Å². The third-order valence-electron chi connectivity index (χ3n) is 2.89. The fourth-order valence-corrected chi connectivity index (χ4v) is 3.81. The van der Waals surface area contributed by atoms with Crippen LogP contribution >= 0.6 is 15.9 Å². The monoisotopic (exact) mass is 352 g/mol. The minimum atomic E-state index is -3.74. The zero-order chi connectivity index (χ0) is 14.8. The number of sulfone groups is 1. The van der Waals surface area contributed by atoms with Gasteiger partial charge in [0.15, 0.2) is 19.8 Å². The number of alkyl halides is 1.